The lowest BCUT2D eigenvalue weighted by Crippen LogP contribution is -2.44. The number of hydrogen-bond donors (Lipinski definition) is 4. The normalized spacial score (nSPS) is 15.6. The van der Waals surface area contributed by atoms with E-state index in [1.165, 1.54) is 0 Å². The molecule has 11 heteroatoms. The molecule has 32 heavy (non-hydrogen) atoms. The van der Waals surface area contributed by atoms with Crippen molar-refractivity contribution in [3.05, 3.63) is 58.7 Å². The van der Waals surface area contributed by atoms with Gasteiger partial charge in [-0.3, -0.25) is 14.6 Å². The van der Waals surface area contributed by atoms with Gasteiger partial charge >= 0.3 is 0 Å². The van der Waals surface area contributed by atoms with Gasteiger partial charge in [0.25, 0.3) is 5.91 Å². The molecule has 0 spiro atoms. The van der Waals surface area contributed by atoms with Crippen LogP contribution in [-0.4, -0.2) is 55.5 Å². The smallest absolute Gasteiger partial charge is 0.251 e. The molecule has 1 aromatic carbocycles. The van der Waals surface area contributed by atoms with Crippen LogP contribution in [0.2, 0.25) is 5.02 Å². The molecule has 1 aliphatic heterocycles. The number of nitrogens with zero attached hydrogens (tertiary/aromatic N) is 3. The topological polar surface area (TPSA) is 125 Å². The van der Waals surface area contributed by atoms with Crippen molar-refractivity contribution < 1.29 is 9.59 Å². The molecular formula is C21H27ClIN7O2. The van der Waals surface area contributed by atoms with Crippen LogP contribution in [0.4, 0.5) is 5.82 Å². The SMILES string of the molecule is CN=C(NCc1ccc(C(=O)NCC(N)=O)cc1)NC1CCN(c2ncccc2Cl)C1.I. The Morgan fingerprint density at radius 2 is 2.00 bits per heavy atom. The Hall–Kier alpha value is -2.60. The summed E-state index contributed by atoms with van der Waals surface area (Å²) in [6.07, 6.45) is 2.69. The first-order valence-electron chi connectivity index (χ1n) is 9.94. The van der Waals surface area contributed by atoms with Gasteiger partial charge in [0.05, 0.1) is 11.6 Å². The van der Waals surface area contributed by atoms with Gasteiger partial charge in [-0.25, -0.2) is 4.98 Å². The van der Waals surface area contributed by atoms with E-state index in [0.717, 1.165) is 30.9 Å². The standard InChI is InChI=1S/C21H26ClN7O2.HI/c1-24-21(28-16-8-10-29(13-16)19-17(22)3-2-9-25-19)27-11-14-4-6-15(7-5-14)20(31)26-12-18(23)30;/h2-7,9,16H,8,10-13H2,1H3,(H2,23,30)(H,26,31)(H2,24,27,28);1H. The number of nitrogens with one attached hydrogen (secondary N) is 3. The summed E-state index contributed by atoms with van der Waals surface area (Å²) in [5.74, 6) is 0.578. The number of nitrogens with two attached hydrogens (primary N) is 1. The molecule has 5 N–H and O–H groups in total. The zero-order valence-corrected chi connectivity index (χ0v) is 20.8. The van der Waals surface area contributed by atoms with E-state index in [1.807, 2.05) is 24.3 Å². The zero-order chi connectivity index (χ0) is 22.2. The minimum atomic E-state index is -0.582. The molecule has 1 saturated heterocycles. The summed E-state index contributed by atoms with van der Waals surface area (Å²) in [6.45, 7) is 2.01. The van der Waals surface area contributed by atoms with E-state index in [0.29, 0.717) is 23.1 Å². The molecule has 9 nitrogen and oxygen atoms in total. The van der Waals surface area contributed by atoms with E-state index < -0.39 is 5.91 Å². The third-order valence-electron chi connectivity index (χ3n) is 4.89. The van der Waals surface area contributed by atoms with Crippen molar-refractivity contribution in [3.63, 3.8) is 0 Å². The van der Waals surface area contributed by atoms with Gasteiger partial charge in [0.15, 0.2) is 5.96 Å². The zero-order valence-electron chi connectivity index (χ0n) is 17.7. The first kappa shape index (κ1) is 25.7. The van der Waals surface area contributed by atoms with Crippen LogP contribution >= 0.6 is 35.6 Å². The van der Waals surface area contributed by atoms with Gasteiger partial charge in [0.2, 0.25) is 5.91 Å². The van der Waals surface area contributed by atoms with Gasteiger partial charge in [-0.15, -0.1) is 24.0 Å². The number of aromatic nitrogens is 1. The number of benzene rings is 1. The molecule has 1 aromatic heterocycles. The third kappa shape index (κ3) is 7.23. The second-order valence-electron chi connectivity index (χ2n) is 7.16. The molecule has 1 atom stereocenters. The summed E-state index contributed by atoms with van der Waals surface area (Å²) in [5.41, 5.74) is 6.49. The minimum absolute atomic E-state index is 0. The molecule has 2 amide bonds. The average molecular weight is 572 g/mol. The van der Waals surface area contributed by atoms with Crippen LogP contribution in [0.1, 0.15) is 22.3 Å². The summed E-state index contributed by atoms with van der Waals surface area (Å²) in [6, 6.07) is 11.0. The van der Waals surface area contributed by atoms with E-state index in [1.54, 1.807) is 25.4 Å². The number of amides is 2. The number of halogens is 2. The van der Waals surface area contributed by atoms with Crippen molar-refractivity contribution in [2.45, 2.75) is 19.0 Å². The maximum atomic E-state index is 11.9. The number of carbonyl (C=O) groups is 2. The van der Waals surface area contributed by atoms with Crippen molar-refractivity contribution in [1.82, 2.24) is 20.9 Å². The number of hydrogen-bond acceptors (Lipinski definition) is 5. The van der Waals surface area contributed by atoms with Gasteiger partial charge in [0.1, 0.15) is 5.82 Å². The minimum Gasteiger partial charge on any atom is -0.368 e. The molecule has 1 aliphatic rings. The summed E-state index contributed by atoms with van der Waals surface area (Å²) < 4.78 is 0. The second kappa shape index (κ2) is 12.4. The van der Waals surface area contributed by atoms with Gasteiger partial charge in [-0.2, -0.15) is 0 Å². The molecular weight excluding hydrogens is 545 g/mol. The Kier molecular flexibility index (Phi) is 9.97. The lowest BCUT2D eigenvalue weighted by Gasteiger charge is -2.20. The monoisotopic (exact) mass is 571 g/mol. The molecule has 1 fully saturated rings. The van der Waals surface area contributed by atoms with Gasteiger partial charge in [-0.05, 0) is 36.2 Å². The van der Waals surface area contributed by atoms with Gasteiger partial charge in [0, 0.05) is 44.5 Å². The highest BCUT2D eigenvalue weighted by Crippen LogP contribution is 2.25. The molecule has 172 valence electrons. The number of aliphatic imine (C=N–C) groups is 1. The highest BCUT2D eigenvalue weighted by Gasteiger charge is 2.25. The van der Waals surface area contributed by atoms with Crippen LogP contribution in [0.25, 0.3) is 0 Å². The first-order valence-corrected chi connectivity index (χ1v) is 10.3. The Bertz CT molecular complexity index is 955. The van der Waals surface area contributed by atoms with Crippen molar-refractivity contribution in [2.24, 2.45) is 10.7 Å². The molecule has 0 radical (unpaired) electrons. The lowest BCUT2D eigenvalue weighted by molar-refractivity contribution is -0.117. The second-order valence-corrected chi connectivity index (χ2v) is 7.56. The highest BCUT2D eigenvalue weighted by atomic mass is 127. The third-order valence-corrected chi connectivity index (χ3v) is 5.19. The first-order chi connectivity index (χ1) is 15.0. The Morgan fingerprint density at radius 3 is 2.66 bits per heavy atom. The molecule has 0 saturated carbocycles. The fraction of sp³-hybridized carbons (Fsp3) is 0.333. The van der Waals surface area contributed by atoms with Crippen molar-refractivity contribution in [1.29, 1.82) is 0 Å². The van der Waals surface area contributed by atoms with Crippen LogP contribution in [0.15, 0.2) is 47.6 Å². The Balaban J connectivity index is 0.00000363. The molecule has 0 aliphatic carbocycles. The quantitative estimate of drug-likeness (QED) is 0.227. The van der Waals surface area contributed by atoms with Crippen LogP contribution in [-0.2, 0) is 11.3 Å². The maximum absolute atomic E-state index is 11.9. The van der Waals surface area contributed by atoms with E-state index >= 15 is 0 Å². The van der Waals surface area contributed by atoms with Crippen LogP contribution in [0.3, 0.4) is 0 Å². The molecule has 2 aromatic rings. The Morgan fingerprint density at radius 1 is 1.25 bits per heavy atom. The van der Waals surface area contributed by atoms with Crippen LogP contribution in [0, 0.1) is 0 Å². The summed E-state index contributed by atoms with van der Waals surface area (Å²) >= 11 is 6.26. The summed E-state index contributed by atoms with van der Waals surface area (Å²) in [7, 11) is 1.73. The molecule has 1 unspecified atom stereocenters. The number of primary amides is 1. The van der Waals surface area contributed by atoms with E-state index in [-0.39, 0.29) is 42.5 Å². The lowest BCUT2D eigenvalue weighted by atomic mass is 10.1. The number of rotatable bonds is 7. The largest absolute Gasteiger partial charge is 0.368 e. The number of pyridine rings is 1. The van der Waals surface area contributed by atoms with E-state index in [2.05, 4.69) is 30.8 Å². The van der Waals surface area contributed by atoms with Crippen LogP contribution < -0.4 is 26.6 Å². The number of carbonyl (C=O) groups excluding carboxylic acids is 2. The molecule has 2 heterocycles. The number of anilines is 1. The summed E-state index contributed by atoms with van der Waals surface area (Å²) in [4.78, 5) is 33.5. The van der Waals surface area contributed by atoms with E-state index in [9.17, 15) is 9.59 Å². The predicted octanol–water partition coefficient (Wildman–Crippen LogP) is 1.51. The number of guanidine groups is 1. The van der Waals surface area contributed by atoms with Crippen molar-refractivity contribution in [3.8, 4) is 0 Å². The van der Waals surface area contributed by atoms with Crippen LogP contribution in [0.5, 0.6) is 0 Å². The molecule has 0 bridgehead atoms. The van der Waals surface area contributed by atoms with Crippen molar-refractivity contribution in [2.75, 3.05) is 31.6 Å². The van der Waals surface area contributed by atoms with Crippen molar-refractivity contribution >= 4 is 59.2 Å². The fourth-order valence-corrected chi connectivity index (χ4v) is 3.54. The molecule has 3 rings (SSSR count). The fourth-order valence-electron chi connectivity index (χ4n) is 3.30. The van der Waals surface area contributed by atoms with Gasteiger partial charge in [-0.1, -0.05) is 23.7 Å². The maximum Gasteiger partial charge on any atom is 0.251 e. The predicted molar refractivity (Wildman–Crippen MR) is 137 cm³/mol. The summed E-state index contributed by atoms with van der Waals surface area (Å²) in [5, 5.41) is 9.83. The Labute approximate surface area is 209 Å². The van der Waals surface area contributed by atoms with E-state index in [4.69, 9.17) is 17.3 Å². The highest BCUT2D eigenvalue weighted by molar-refractivity contribution is 14.0. The average Bonchev–Trinajstić information content (AvgIpc) is 3.23. The van der Waals surface area contributed by atoms with Gasteiger partial charge < -0.3 is 26.6 Å².